The Morgan fingerprint density at radius 1 is 1.25 bits per heavy atom. The SMILES string of the molecule is CC(C)OCCOCC(C)(F)F. The van der Waals surface area contributed by atoms with Gasteiger partial charge in [0.25, 0.3) is 5.92 Å². The van der Waals surface area contributed by atoms with Crippen molar-refractivity contribution in [1.82, 2.24) is 0 Å². The fourth-order valence-electron chi connectivity index (χ4n) is 0.594. The molecule has 0 fully saturated rings. The first-order valence-corrected chi connectivity index (χ1v) is 3.99. The van der Waals surface area contributed by atoms with Crippen molar-refractivity contribution in [1.29, 1.82) is 0 Å². The van der Waals surface area contributed by atoms with Gasteiger partial charge in [-0.3, -0.25) is 0 Å². The van der Waals surface area contributed by atoms with Gasteiger partial charge in [0.2, 0.25) is 0 Å². The molecular weight excluding hydrogens is 166 g/mol. The third-order valence-corrected chi connectivity index (χ3v) is 1.03. The molecule has 2 nitrogen and oxygen atoms in total. The van der Waals surface area contributed by atoms with E-state index in [-0.39, 0.29) is 12.7 Å². The minimum absolute atomic E-state index is 0.121. The summed E-state index contributed by atoms with van der Waals surface area (Å²) in [7, 11) is 0. The Morgan fingerprint density at radius 2 is 1.83 bits per heavy atom. The van der Waals surface area contributed by atoms with Gasteiger partial charge >= 0.3 is 0 Å². The highest BCUT2D eigenvalue weighted by Gasteiger charge is 2.20. The van der Waals surface area contributed by atoms with E-state index in [0.717, 1.165) is 6.92 Å². The predicted octanol–water partition coefficient (Wildman–Crippen LogP) is 2.08. The lowest BCUT2D eigenvalue weighted by Crippen LogP contribution is -2.21. The first-order valence-electron chi connectivity index (χ1n) is 3.99. The average molecular weight is 182 g/mol. The van der Waals surface area contributed by atoms with Gasteiger partial charge in [-0.25, -0.2) is 8.78 Å². The maximum absolute atomic E-state index is 12.1. The standard InChI is InChI=1S/C8H16F2O2/c1-7(2)12-5-4-11-6-8(3,9)10/h7H,4-6H2,1-3H3. The number of hydrogen-bond donors (Lipinski definition) is 0. The van der Waals surface area contributed by atoms with Crippen molar-refractivity contribution in [2.24, 2.45) is 0 Å². The number of halogens is 2. The predicted molar refractivity (Wildman–Crippen MR) is 42.5 cm³/mol. The molecule has 0 unspecified atom stereocenters. The largest absolute Gasteiger partial charge is 0.376 e. The molecule has 0 aromatic heterocycles. The van der Waals surface area contributed by atoms with Gasteiger partial charge in [0, 0.05) is 6.92 Å². The Hall–Kier alpha value is -0.220. The minimum Gasteiger partial charge on any atom is -0.376 e. The Kier molecular flexibility index (Phi) is 5.33. The molecule has 0 bridgehead atoms. The molecule has 12 heavy (non-hydrogen) atoms. The molecule has 0 spiro atoms. The van der Waals surface area contributed by atoms with Crippen molar-refractivity contribution in [3.63, 3.8) is 0 Å². The Labute approximate surface area is 71.9 Å². The number of hydrogen-bond acceptors (Lipinski definition) is 2. The van der Waals surface area contributed by atoms with Gasteiger partial charge in [-0.15, -0.1) is 0 Å². The quantitative estimate of drug-likeness (QED) is 0.585. The van der Waals surface area contributed by atoms with Crippen LogP contribution < -0.4 is 0 Å². The van der Waals surface area contributed by atoms with Gasteiger partial charge < -0.3 is 9.47 Å². The molecule has 0 heterocycles. The summed E-state index contributed by atoms with van der Waals surface area (Å²) in [6.45, 7) is 4.66. The smallest absolute Gasteiger partial charge is 0.268 e. The highest BCUT2D eigenvalue weighted by molar-refractivity contribution is 4.54. The van der Waals surface area contributed by atoms with Crippen LogP contribution in [0.5, 0.6) is 0 Å². The average Bonchev–Trinajstić information content (AvgIpc) is 1.83. The second-order valence-corrected chi connectivity index (χ2v) is 3.04. The van der Waals surface area contributed by atoms with Crippen LogP contribution in [0.4, 0.5) is 8.78 Å². The molecule has 4 heteroatoms. The Balaban J connectivity index is 3.12. The fraction of sp³-hybridized carbons (Fsp3) is 1.00. The van der Waals surface area contributed by atoms with Crippen LogP contribution in [-0.4, -0.2) is 31.8 Å². The van der Waals surface area contributed by atoms with E-state index in [0.29, 0.717) is 6.61 Å². The molecule has 0 aliphatic heterocycles. The van der Waals surface area contributed by atoms with Crippen molar-refractivity contribution in [2.75, 3.05) is 19.8 Å². The molecule has 0 radical (unpaired) electrons. The first-order chi connectivity index (χ1) is 5.42. The number of alkyl halides is 2. The maximum atomic E-state index is 12.1. The molecule has 0 aliphatic carbocycles. The van der Waals surface area contributed by atoms with Crippen LogP contribution in [0.1, 0.15) is 20.8 Å². The van der Waals surface area contributed by atoms with E-state index >= 15 is 0 Å². The molecule has 0 saturated carbocycles. The molecule has 0 N–H and O–H groups in total. The topological polar surface area (TPSA) is 18.5 Å². The van der Waals surface area contributed by atoms with E-state index in [1.54, 1.807) is 0 Å². The van der Waals surface area contributed by atoms with Crippen LogP contribution in [0.2, 0.25) is 0 Å². The summed E-state index contributed by atoms with van der Waals surface area (Å²) in [5, 5.41) is 0. The summed E-state index contributed by atoms with van der Waals surface area (Å²) in [5.74, 6) is -2.74. The normalized spacial score (nSPS) is 12.5. The van der Waals surface area contributed by atoms with Crippen LogP contribution in [-0.2, 0) is 9.47 Å². The van der Waals surface area contributed by atoms with Gasteiger partial charge in [0.15, 0.2) is 0 Å². The Bertz CT molecular complexity index is 110. The Morgan fingerprint density at radius 3 is 2.25 bits per heavy atom. The van der Waals surface area contributed by atoms with Gasteiger partial charge in [-0.1, -0.05) is 0 Å². The van der Waals surface area contributed by atoms with Gasteiger partial charge in [-0.05, 0) is 13.8 Å². The van der Waals surface area contributed by atoms with Crippen LogP contribution >= 0.6 is 0 Å². The zero-order chi connectivity index (χ0) is 9.61. The summed E-state index contributed by atoms with van der Waals surface area (Å²) in [6.07, 6.45) is 0.121. The van der Waals surface area contributed by atoms with E-state index in [9.17, 15) is 8.78 Å². The lowest BCUT2D eigenvalue weighted by atomic mass is 10.4. The number of rotatable bonds is 6. The molecule has 0 aliphatic rings. The summed E-state index contributed by atoms with van der Waals surface area (Å²) in [5.41, 5.74) is 0. The van der Waals surface area contributed by atoms with Crippen LogP contribution in [0.3, 0.4) is 0 Å². The molecule has 0 saturated heterocycles. The molecule has 0 amide bonds. The van der Waals surface area contributed by atoms with Crippen molar-refractivity contribution in [3.05, 3.63) is 0 Å². The second kappa shape index (κ2) is 5.43. The van der Waals surface area contributed by atoms with E-state index in [1.807, 2.05) is 13.8 Å². The van der Waals surface area contributed by atoms with Crippen LogP contribution in [0.15, 0.2) is 0 Å². The summed E-state index contributed by atoms with van der Waals surface area (Å²) < 4.78 is 34.0. The van der Waals surface area contributed by atoms with Crippen molar-refractivity contribution in [3.8, 4) is 0 Å². The monoisotopic (exact) mass is 182 g/mol. The minimum atomic E-state index is -2.74. The third-order valence-electron chi connectivity index (χ3n) is 1.03. The molecule has 74 valence electrons. The highest BCUT2D eigenvalue weighted by atomic mass is 19.3. The van der Waals surface area contributed by atoms with E-state index in [1.165, 1.54) is 0 Å². The van der Waals surface area contributed by atoms with Crippen LogP contribution in [0, 0.1) is 0 Å². The van der Waals surface area contributed by atoms with Crippen molar-refractivity contribution < 1.29 is 18.3 Å². The fourth-order valence-corrected chi connectivity index (χ4v) is 0.594. The summed E-state index contributed by atoms with van der Waals surface area (Å²) in [6, 6.07) is 0. The highest BCUT2D eigenvalue weighted by Crippen LogP contribution is 2.10. The molecule has 0 atom stereocenters. The molecule has 0 rings (SSSR count). The zero-order valence-corrected chi connectivity index (χ0v) is 7.77. The number of ether oxygens (including phenoxy) is 2. The second-order valence-electron chi connectivity index (χ2n) is 3.04. The maximum Gasteiger partial charge on any atom is 0.268 e. The van der Waals surface area contributed by atoms with Gasteiger partial charge in [0.05, 0.1) is 19.3 Å². The van der Waals surface area contributed by atoms with E-state index in [4.69, 9.17) is 4.74 Å². The molecule has 0 aromatic carbocycles. The molecule has 0 aromatic rings. The van der Waals surface area contributed by atoms with Crippen LogP contribution in [0.25, 0.3) is 0 Å². The van der Waals surface area contributed by atoms with Crippen molar-refractivity contribution >= 4 is 0 Å². The van der Waals surface area contributed by atoms with E-state index in [2.05, 4.69) is 4.74 Å². The summed E-state index contributed by atoms with van der Waals surface area (Å²) >= 11 is 0. The summed E-state index contributed by atoms with van der Waals surface area (Å²) in [4.78, 5) is 0. The lowest BCUT2D eigenvalue weighted by Gasteiger charge is -2.11. The first kappa shape index (κ1) is 11.8. The van der Waals surface area contributed by atoms with Gasteiger partial charge in [0.1, 0.15) is 6.61 Å². The van der Waals surface area contributed by atoms with Crippen molar-refractivity contribution in [2.45, 2.75) is 32.8 Å². The lowest BCUT2D eigenvalue weighted by molar-refractivity contribution is -0.0759. The van der Waals surface area contributed by atoms with E-state index < -0.39 is 12.5 Å². The molecular formula is C8H16F2O2. The zero-order valence-electron chi connectivity index (χ0n) is 7.77. The third kappa shape index (κ3) is 9.78. The van der Waals surface area contributed by atoms with Gasteiger partial charge in [-0.2, -0.15) is 0 Å².